The van der Waals surface area contributed by atoms with E-state index in [0.717, 1.165) is 22.9 Å². The van der Waals surface area contributed by atoms with E-state index in [9.17, 15) is 9.59 Å². The summed E-state index contributed by atoms with van der Waals surface area (Å²) in [6.07, 6.45) is 2.60. The first-order chi connectivity index (χ1) is 17.0. The highest BCUT2D eigenvalue weighted by Crippen LogP contribution is 2.26. The number of nitrogens with zero attached hydrogens (tertiary/aromatic N) is 1. The number of H-pyrrole nitrogens is 1. The van der Waals surface area contributed by atoms with E-state index in [4.69, 9.17) is 0 Å². The van der Waals surface area contributed by atoms with Gasteiger partial charge in [-0.05, 0) is 50.5 Å². The zero-order valence-corrected chi connectivity index (χ0v) is 20.7. The number of nitrogens with one attached hydrogen (secondary N) is 2. The number of aromatic amines is 1. The minimum absolute atomic E-state index is 0.000638. The normalized spacial score (nSPS) is 12.0. The van der Waals surface area contributed by atoms with Crippen molar-refractivity contribution < 1.29 is 9.59 Å². The first-order valence-electron chi connectivity index (χ1n) is 12.3. The van der Waals surface area contributed by atoms with Crippen LogP contribution in [0.5, 0.6) is 0 Å². The molecule has 4 aromatic rings. The molecule has 180 valence electrons. The maximum atomic E-state index is 13.8. The second-order valence-electron chi connectivity index (χ2n) is 8.84. The lowest BCUT2D eigenvalue weighted by atomic mass is 9.96. The van der Waals surface area contributed by atoms with Gasteiger partial charge < -0.3 is 15.2 Å². The second kappa shape index (κ2) is 11.2. The molecule has 5 nitrogen and oxygen atoms in total. The van der Waals surface area contributed by atoms with Gasteiger partial charge >= 0.3 is 0 Å². The fourth-order valence-electron chi connectivity index (χ4n) is 4.43. The second-order valence-corrected chi connectivity index (χ2v) is 8.84. The molecule has 1 aromatic heterocycles. The van der Waals surface area contributed by atoms with Gasteiger partial charge in [0.15, 0.2) is 5.78 Å². The Kier molecular flexibility index (Phi) is 7.78. The SMILES string of the molecule is CCN(CC)C(=O)c1ccc2c(C(=O)[C@H](NCCc3ccc(C)cc3)c3ccccc3)c[nH]c2c1. The number of amides is 1. The summed E-state index contributed by atoms with van der Waals surface area (Å²) in [4.78, 5) is 31.5. The van der Waals surface area contributed by atoms with Crippen LogP contribution in [0.15, 0.2) is 79.0 Å². The molecule has 0 unspecified atom stereocenters. The lowest BCUT2D eigenvalue weighted by Crippen LogP contribution is -2.30. The first kappa shape index (κ1) is 24.4. The van der Waals surface area contributed by atoms with Crippen molar-refractivity contribution in [2.75, 3.05) is 19.6 Å². The predicted molar refractivity (Wildman–Crippen MR) is 142 cm³/mol. The van der Waals surface area contributed by atoms with Crippen molar-refractivity contribution in [3.8, 4) is 0 Å². The van der Waals surface area contributed by atoms with E-state index in [2.05, 4.69) is 41.5 Å². The molecule has 5 heteroatoms. The van der Waals surface area contributed by atoms with Gasteiger partial charge in [0.1, 0.15) is 0 Å². The Morgan fingerprint density at radius 1 is 0.943 bits per heavy atom. The number of aryl methyl sites for hydroxylation is 1. The van der Waals surface area contributed by atoms with Gasteiger partial charge in [-0.2, -0.15) is 0 Å². The number of rotatable bonds is 10. The molecular formula is C30H33N3O2. The summed E-state index contributed by atoms with van der Waals surface area (Å²) in [7, 11) is 0. The minimum atomic E-state index is -0.461. The smallest absolute Gasteiger partial charge is 0.253 e. The Morgan fingerprint density at radius 2 is 1.66 bits per heavy atom. The molecule has 35 heavy (non-hydrogen) atoms. The van der Waals surface area contributed by atoms with Crippen LogP contribution < -0.4 is 5.32 Å². The molecule has 0 bridgehead atoms. The van der Waals surface area contributed by atoms with Crippen molar-refractivity contribution in [3.05, 3.63) is 107 Å². The van der Waals surface area contributed by atoms with Crippen LogP contribution in [0.3, 0.4) is 0 Å². The number of hydrogen-bond donors (Lipinski definition) is 2. The summed E-state index contributed by atoms with van der Waals surface area (Å²) in [5.74, 6) is 0.00786. The third kappa shape index (κ3) is 5.52. The quantitative estimate of drug-likeness (QED) is 0.293. The molecule has 0 spiro atoms. The molecule has 2 N–H and O–H groups in total. The predicted octanol–water partition coefficient (Wildman–Crippen LogP) is 5.71. The fourth-order valence-corrected chi connectivity index (χ4v) is 4.43. The van der Waals surface area contributed by atoms with E-state index in [1.807, 2.05) is 62.4 Å². The van der Waals surface area contributed by atoms with E-state index in [1.54, 1.807) is 11.1 Å². The van der Waals surface area contributed by atoms with Crippen LogP contribution in [0.25, 0.3) is 10.9 Å². The van der Waals surface area contributed by atoms with Crippen molar-refractivity contribution in [2.24, 2.45) is 0 Å². The van der Waals surface area contributed by atoms with Gasteiger partial charge in [-0.1, -0.05) is 66.2 Å². The zero-order chi connectivity index (χ0) is 24.8. The summed E-state index contributed by atoms with van der Waals surface area (Å²) in [6, 6.07) is 23.4. The highest BCUT2D eigenvalue weighted by atomic mass is 16.2. The topological polar surface area (TPSA) is 65.2 Å². The summed E-state index contributed by atoms with van der Waals surface area (Å²) in [5, 5.41) is 4.31. The summed E-state index contributed by atoms with van der Waals surface area (Å²) >= 11 is 0. The largest absolute Gasteiger partial charge is 0.360 e. The number of fused-ring (bicyclic) bond motifs is 1. The highest BCUT2D eigenvalue weighted by Gasteiger charge is 2.24. The van der Waals surface area contributed by atoms with Crippen molar-refractivity contribution in [1.29, 1.82) is 0 Å². The number of Topliss-reactive ketones (excluding diaryl/α,β-unsaturated/α-hetero) is 1. The lowest BCUT2D eigenvalue weighted by Gasteiger charge is -2.19. The maximum absolute atomic E-state index is 13.8. The Hall–Kier alpha value is -3.70. The van der Waals surface area contributed by atoms with Gasteiger partial charge in [0.25, 0.3) is 5.91 Å². The summed E-state index contributed by atoms with van der Waals surface area (Å²) in [6.45, 7) is 8.03. The Morgan fingerprint density at radius 3 is 2.34 bits per heavy atom. The third-order valence-corrected chi connectivity index (χ3v) is 6.52. The van der Waals surface area contributed by atoms with E-state index >= 15 is 0 Å². The van der Waals surface area contributed by atoms with Crippen LogP contribution in [0, 0.1) is 6.92 Å². The highest BCUT2D eigenvalue weighted by molar-refractivity contribution is 6.11. The van der Waals surface area contributed by atoms with Gasteiger partial charge in [0.2, 0.25) is 0 Å². The maximum Gasteiger partial charge on any atom is 0.253 e. The molecule has 0 aliphatic rings. The molecule has 1 atom stereocenters. The number of carbonyl (C=O) groups excluding carboxylic acids is 2. The van der Waals surface area contributed by atoms with E-state index in [0.29, 0.717) is 30.8 Å². The standard InChI is InChI=1S/C30H33N3O2/c1-4-33(5-2)30(35)24-15-16-25-26(20-32-27(25)19-24)29(34)28(23-9-7-6-8-10-23)31-18-17-22-13-11-21(3)12-14-22/h6-16,19-20,28,31-32H,4-5,17-18H2,1-3H3/t28-/m1/s1. The number of benzene rings is 3. The van der Waals surface area contributed by atoms with E-state index in [-0.39, 0.29) is 11.7 Å². The Labute approximate surface area is 207 Å². The van der Waals surface area contributed by atoms with Gasteiger partial charge in [-0.25, -0.2) is 0 Å². The molecule has 0 aliphatic heterocycles. The van der Waals surface area contributed by atoms with Crippen LogP contribution in [-0.2, 0) is 6.42 Å². The van der Waals surface area contributed by atoms with Crippen LogP contribution in [0.4, 0.5) is 0 Å². The van der Waals surface area contributed by atoms with Gasteiger partial charge in [-0.3, -0.25) is 9.59 Å². The van der Waals surface area contributed by atoms with Crippen LogP contribution in [-0.4, -0.2) is 41.2 Å². The lowest BCUT2D eigenvalue weighted by molar-refractivity contribution is 0.0773. The number of aromatic nitrogens is 1. The van der Waals surface area contributed by atoms with Crippen LogP contribution >= 0.6 is 0 Å². The number of carbonyl (C=O) groups is 2. The molecule has 0 radical (unpaired) electrons. The molecule has 3 aromatic carbocycles. The van der Waals surface area contributed by atoms with Gasteiger partial charge in [-0.15, -0.1) is 0 Å². The van der Waals surface area contributed by atoms with Gasteiger partial charge in [0, 0.05) is 47.9 Å². The third-order valence-electron chi connectivity index (χ3n) is 6.52. The Bertz CT molecular complexity index is 1290. The van der Waals surface area contributed by atoms with Crippen LogP contribution in [0.1, 0.15) is 57.3 Å². The fraction of sp³-hybridized carbons (Fsp3) is 0.267. The minimum Gasteiger partial charge on any atom is -0.360 e. The average molecular weight is 468 g/mol. The number of hydrogen-bond acceptors (Lipinski definition) is 3. The zero-order valence-electron chi connectivity index (χ0n) is 20.7. The summed E-state index contributed by atoms with van der Waals surface area (Å²) in [5.41, 5.74) is 5.44. The molecule has 0 saturated carbocycles. The first-order valence-corrected chi connectivity index (χ1v) is 12.3. The van der Waals surface area contributed by atoms with Crippen molar-refractivity contribution in [1.82, 2.24) is 15.2 Å². The van der Waals surface area contributed by atoms with Crippen molar-refractivity contribution in [2.45, 2.75) is 33.2 Å². The van der Waals surface area contributed by atoms with Crippen molar-refractivity contribution >= 4 is 22.6 Å². The average Bonchev–Trinajstić information content (AvgIpc) is 3.32. The van der Waals surface area contributed by atoms with Crippen LogP contribution in [0.2, 0.25) is 0 Å². The molecule has 0 saturated heterocycles. The van der Waals surface area contributed by atoms with E-state index in [1.165, 1.54) is 11.1 Å². The molecule has 0 aliphatic carbocycles. The van der Waals surface area contributed by atoms with E-state index < -0.39 is 6.04 Å². The molecular weight excluding hydrogens is 434 g/mol. The molecule has 0 fully saturated rings. The Balaban J connectivity index is 1.58. The van der Waals surface area contributed by atoms with Gasteiger partial charge in [0.05, 0.1) is 6.04 Å². The monoisotopic (exact) mass is 467 g/mol. The summed E-state index contributed by atoms with van der Waals surface area (Å²) < 4.78 is 0. The molecule has 1 amide bonds. The van der Waals surface area contributed by atoms with Crippen molar-refractivity contribution in [3.63, 3.8) is 0 Å². The number of ketones is 1. The molecule has 1 heterocycles. The molecule has 4 rings (SSSR count).